The summed E-state index contributed by atoms with van der Waals surface area (Å²) in [6.07, 6.45) is 2.61. The number of aryl methyl sites for hydroxylation is 1. The Bertz CT molecular complexity index is 301. The third-order valence-electron chi connectivity index (χ3n) is 2.26. The van der Waals surface area contributed by atoms with Crippen molar-refractivity contribution in [1.29, 1.82) is 0 Å². The van der Waals surface area contributed by atoms with Gasteiger partial charge in [0.25, 0.3) is 0 Å². The smallest absolute Gasteiger partial charge is 0.0694 e. The molecule has 86 valence electrons. The van der Waals surface area contributed by atoms with Gasteiger partial charge in [0.15, 0.2) is 0 Å². The predicted molar refractivity (Wildman–Crippen MR) is 63.6 cm³/mol. The first-order valence-corrected chi connectivity index (χ1v) is 6.04. The average molecular weight is 276 g/mol. The Morgan fingerprint density at radius 3 is 2.93 bits per heavy atom. The van der Waals surface area contributed by atoms with E-state index in [9.17, 15) is 0 Å². The van der Waals surface area contributed by atoms with E-state index in [1.165, 1.54) is 0 Å². The molecule has 1 heterocycles. The zero-order valence-corrected chi connectivity index (χ0v) is 10.8. The van der Waals surface area contributed by atoms with Crippen molar-refractivity contribution < 1.29 is 4.74 Å². The highest BCUT2D eigenvalue weighted by Crippen LogP contribution is 2.23. The van der Waals surface area contributed by atoms with Gasteiger partial charge >= 0.3 is 0 Å². The van der Waals surface area contributed by atoms with Crippen LogP contribution in [0.15, 0.2) is 10.7 Å². The van der Waals surface area contributed by atoms with Crippen molar-refractivity contribution in [2.24, 2.45) is 5.73 Å². The maximum Gasteiger partial charge on any atom is 0.0694 e. The average Bonchev–Trinajstić information content (AvgIpc) is 2.59. The molecule has 1 rings (SSSR count). The monoisotopic (exact) mass is 275 g/mol. The second-order valence-electron chi connectivity index (χ2n) is 3.29. The summed E-state index contributed by atoms with van der Waals surface area (Å²) < 4.78 is 8.19. The van der Waals surface area contributed by atoms with Crippen LogP contribution in [-0.4, -0.2) is 23.0 Å². The molecule has 1 aromatic rings. The third kappa shape index (κ3) is 3.29. The van der Waals surface area contributed by atoms with Crippen molar-refractivity contribution in [3.05, 3.63) is 16.4 Å². The molecule has 0 fully saturated rings. The fourth-order valence-corrected chi connectivity index (χ4v) is 2.07. The minimum Gasteiger partial charge on any atom is -0.382 e. The highest BCUT2D eigenvalue weighted by molar-refractivity contribution is 9.10. The Morgan fingerprint density at radius 1 is 1.60 bits per heavy atom. The van der Waals surface area contributed by atoms with Gasteiger partial charge in [-0.25, -0.2) is 0 Å². The normalized spacial score (nSPS) is 13.1. The van der Waals surface area contributed by atoms with Crippen molar-refractivity contribution >= 4 is 15.9 Å². The number of hydrogen-bond donors (Lipinski definition) is 1. The van der Waals surface area contributed by atoms with Gasteiger partial charge in [-0.3, -0.25) is 4.68 Å². The van der Waals surface area contributed by atoms with Gasteiger partial charge < -0.3 is 10.5 Å². The molecule has 1 unspecified atom stereocenters. The molecule has 0 amide bonds. The molecule has 4 nitrogen and oxygen atoms in total. The predicted octanol–water partition coefficient (Wildman–Crippen LogP) is 2.09. The van der Waals surface area contributed by atoms with Gasteiger partial charge in [0.2, 0.25) is 0 Å². The highest BCUT2D eigenvalue weighted by atomic mass is 79.9. The molecule has 0 spiro atoms. The number of hydrogen-bond acceptors (Lipinski definition) is 3. The SMILES string of the molecule is CCOCCC(N)c1c(Br)cnn1CC. The van der Waals surface area contributed by atoms with Crippen molar-refractivity contribution in [2.45, 2.75) is 32.9 Å². The lowest BCUT2D eigenvalue weighted by molar-refractivity contribution is 0.139. The summed E-state index contributed by atoms with van der Waals surface area (Å²) in [4.78, 5) is 0. The van der Waals surface area contributed by atoms with Crippen LogP contribution in [0.5, 0.6) is 0 Å². The topological polar surface area (TPSA) is 53.1 Å². The summed E-state index contributed by atoms with van der Waals surface area (Å²) in [7, 11) is 0. The van der Waals surface area contributed by atoms with Crippen molar-refractivity contribution in [2.75, 3.05) is 13.2 Å². The lowest BCUT2D eigenvalue weighted by atomic mass is 10.1. The fourth-order valence-electron chi connectivity index (χ4n) is 1.48. The molecule has 0 aliphatic rings. The molecule has 0 aliphatic heterocycles. The van der Waals surface area contributed by atoms with Gasteiger partial charge in [-0.2, -0.15) is 5.10 Å². The van der Waals surface area contributed by atoms with E-state index in [0.29, 0.717) is 6.61 Å². The first kappa shape index (κ1) is 12.7. The van der Waals surface area contributed by atoms with Crippen molar-refractivity contribution in [1.82, 2.24) is 9.78 Å². The maximum absolute atomic E-state index is 6.09. The van der Waals surface area contributed by atoms with Gasteiger partial charge in [-0.05, 0) is 36.2 Å². The second-order valence-corrected chi connectivity index (χ2v) is 4.14. The van der Waals surface area contributed by atoms with E-state index in [4.69, 9.17) is 10.5 Å². The number of nitrogens with zero attached hydrogens (tertiary/aromatic N) is 2. The summed E-state index contributed by atoms with van der Waals surface area (Å²) in [5, 5.41) is 4.23. The number of aromatic nitrogens is 2. The third-order valence-corrected chi connectivity index (χ3v) is 2.87. The van der Waals surface area contributed by atoms with E-state index in [1.807, 2.05) is 11.6 Å². The quantitative estimate of drug-likeness (QED) is 0.809. The number of rotatable bonds is 6. The van der Waals surface area contributed by atoms with Gasteiger partial charge in [0.1, 0.15) is 0 Å². The molecule has 0 aromatic carbocycles. The number of halogens is 1. The van der Waals surface area contributed by atoms with Gasteiger partial charge in [-0.15, -0.1) is 0 Å². The maximum atomic E-state index is 6.09. The van der Waals surface area contributed by atoms with Crippen LogP contribution < -0.4 is 5.73 Å². The van der Waals surface area contributed by atoms with E-state index in [2.05, 4.69) is 28.0 Å². The molecule has 0 bridgehead atoms. The zero-order valence-electron chi connectivity index (χ0n) is 9.24. The zero-order chi connectivity index (χ0) is 11.3. The van der Waals surface area contributed by atoms with E-state index in [-0.39, 0.29) is 6.04 Å². The van der Waals surface area contributed by atoms with E-state index in [1.54, 1.807) is 6.20 Å². The van der Waals surface area contributed by atoms with Crippen LogP contribution in [-0.2, 0) is 11.3 Å². The van der Waals surface area contributed by atoms with Crippen LogP contribution in [0.4, 0.5) is 0 Å². The lowest BCUT2D eigenvalue weighted by Gasteiger charge is -2.14. The van der Waals surface area contributed by atoms with E-state index in [0.717, 1.165) is 29.7 Å². The fraction of sp³-hybridized carbons (Fsp3) is 0.700. The summed E-state index contributed by atoms with van der Waals surface area (Å²) in [6.45, 7) is 6.30. The summed E-state index contributed by atoms with van der Waals surface area (Å²) in [5.41, 5.74) is 7.14. The molecule has 0 aliphatic carbocycles. The Balaban J connectivity index is 2.63. The van der Waals surface area contributed by atoms with Crippen LogP contribution in [0, 0.1) is 0 Å². The lowest BCUT2D eigenvalue weighted by Crippen LogP contribution is -2.18. The number of ether oxygens (including phenoxy) is 1. The van der Waals surface area contributed by atoms with Gasteiger partial charge in [-0.1, -0.05) is 0 Å². The Labute approximate surface area is 98.9 Å². The van der Waals surface area contributed by atoms with Crippen LogP contribution in [0.1, 0.15) is 32.0 Å². The Hall–Kier alpha value is -0.390. The van der Waals surface area contributed by atoms with Gasteiger partial charge in [0.05, 0.1) is 22.4 Å². The summed E-state index contributed by atoms with van der Waals surface area (Å²) in [6, 6.07) is -0.0200. The molecule has 2 N–H and O–H groups in total. The first-order valence-electron chi connectivity index (χ1n) is 5.25. The molecule has 5 heteroatoms. The molecule has 1 aromatic heterocycles. The van der Waals surface area contributed by atoms with Crippen LogP contribution in [0.2, 0.25) is 0 Å². The Kier molecular flexibility index (Phi) is 5.28. The molecular formula is C10H18BrN3O. The van der Waals surface area contributed by atoms with E-state index < -0.39 is 0 Å². The van der Waals surface area contributed by atoms with Crippen molar-refractivity contribution in [3.8, 4) is 0 Å². The minimum atomic E-state index is -0.0200. The standard InChI is InChI=1S/C10H18BrN3O/c1-3-14-10(8(11)7-13-14)9(12)5-6-15-4-2/h7,9H,3-6,12H2,1-2H3. The Morgan fingerprint density at radius 2 is 2.33 bits per heavy atom. The largest absolute Gasteiger partial charge is 0.382 e. The molecular weight excluding hydrogens is 258 g/mol. The molecule has 0 radical (unpaired) electrons. The molecule has 0 saturated carbocycles. The molecule has 0 saturated heterocycles. The molecule has 1 atom stereocenters. The summed E-state index contributed by atoms with van der Waals surface area (Å²) >= 11 is 3.46. The summed E-state index contributed by atoms with van der Waals surface area (Å²) in [5.74, 6) is 0. The van der Waals surface area contributed by atoms with E-state index >= 15 is 0 Å². The van der Waals surface area contributed by atoms with Crippen molar-refractivity contribution in [3.63, 3.8) is 0 Å². The second kappa shape index (κ2) is 6.25. The first-order chi connectivity index (χ1) is 7.20. The van der Waals surface area contributed by atoms with Crippen LogP contribution >= 0.6 is 15.9 Å². The van der Waals surface area contributed by atoms with Crippen LogP contribution in [0.3, 0.4) is 0 Å². The molecule has 15 heavy (non-hydrogen) atoms. The van der Waals surface area contributed by atoms with Gasteiger partial charge in [0, 0.05) is 19.8 Å². The highest BCUT2D eigenvalue weighted by Gasteiger charge is 2.15. The number of nitrogens with two attached hydrogens (primary N) is 1. The van der Waals surface area contributed by atoms with Crippen LogP contribution in [0.25, 0.3) is 0 Å². The minimum absolute atomic E-state index is 0.0200.